The summed E-state index contributed by atoms with van der Waals surface area (Å²) in [6.45, 7) is 6.57. The molecule has 5 heteroatoms. The van der Waals surface area contributed by atoms with Gasteiger partial charge in [0.2, 0.25) is 0 Å². The summed E-state index contributed by atoms with van der Waals surface area (Å²) in [6.07, 6.45) is 0. The fraction of sp³-hybridized carbons (Fsp3) is 0.750. The van der Waals surface area contributed by atoms with Gasteiger partial charge in [-0.05, 0) is 38.7 Å². The summed E-state index contributed by atoms with van der Waals surface area (Å²) in [4.78, 5) is 0. The number of hydrogen-bond acceptors (Lipinski definition) is 4. The summed E-state index contributed by atoms with van der Waals surface area (Å²) in [7, 11) is 0. The van der Waals surface area contributed by atoms with Crippen molar-refractivity contribution >= 4 is 11.0 Å². The molecule has 0 aromatic carbocycles. The molecule has 0 aromatic rings. The molecule has 0 saturated carbocycles. The number of hydrogen-bond donors (Lipinski definition) is 0. The minimum Gasteiger partial charge on any atom is -0.196 e. The van der Waals surface area contributed by atoms with Crippen LogP contribution in [0.2, 0.25) is 0 Å². The van der Waals surface area contributed by atoms with E-state index in [4.69, 9.17) is 10.5 Å². The van der Waals surface area contributed by atoms with Crippen LogP contribution in [0.1, 0.15) is 27.7 Å². The SMILES string of the molecule is CC(C)(C#N)N=NC(C)(C)C#N.[SiH4]. The van der Waals surface area contributed by atoms with Gasteiger partial charge in [-0.25, -0.2) is 0 Å². The van der Waals surface area contributed by atoms with Crippen molar-refractivity contribution in [2.45, 2.75) is 38.8 Å². The van der Waals surface area contributed by atoms with E-state index in [0.29, 0.717) is 0 Å². The molecule has 0 aliphatic carbocycles. The first-order valence-electron chi connectivity index (χ1n) is 3.59. The van der Waals surface area contributed by atoms with Gasteiger partial charge in [0, 0.05) is 0 Å². The topological polar surface area (TPSA) is 72.3 Å². The van der Waals surface area contributed by atoms with Gasteiger partial charge >= 0.3 is 0 Å². The second kappa shape index (κ2) is 4.73. The molecule has 0 rings (SSSR count). The summed E-state index contributed by atoms with van der Waals surface area (Å²) in [5, 5.41) is 24.7. The lowest BCUT2D eigenvalue weighted by Crippen LogP contribution is -2.17. The Bertz CT molecular complexity index is 239. The van der Waals surface area contributed by atoms with Crippen molar-refractivity contribution in [3.63, 3.8) is 0 Å². The van der Waals surface area contributed by atoms with Crippen LogP contribution in [0.5, 0.6) is 0 Å². The number of azo groups is 1. The fourth-order valence-corrected chi connectivity index (χ4v) is 0.295. The normalized spacial score (nSPS) is 11.5. The average molecular weight is 196 g/mol. The Balaban J connectivity index is 0. The van der Waals surface area contributed by atoms with Gasteiger partial charge in [-0.15, -0.1) is 0 Å². The molecule has 0 radical (unpaired) electrons. The molecule has 0 aliphatic heterocycles. The van der Waals surface area contributed by atoms with Gasteiger partial charge in [-0.2, -0.15) is 20.8 Å². The van der Waals surface area contributed by atoms with E-state index in [0.717, 1.165) is 0 Å². The monoisotopic (exact) mass is 196 g/mol. The maximum atomic E-state index is 8.58. The van der Waals surface area contributed by atoms with Crippen LogP contribution in [0.3, 0.4) is 0 Å². The summed E-state index contributed by atoms with van der Waals surface area (Å²) in [5.74, 6) is 0. The van der Waals surface area contributed by atoms with E-state index in [1.807, 2.05) is 12.1 Å². The molecule has 72 valence electrons. The highest BCUT2D eigenvalue weighted by atomic mass is 28.1. The summed E-state index contributed by atoms with van der Waals surface area (Å²) >= 11 is 0. The molecule has 0 fully saturated rings. The van der Waals surface area contributed by atoms with Crippen LogP contribution in [0.15, 0.2) is 10.2 Å². The lowest BCUT2D eigenvalue weighted by molar-refractivity contribution is 0.541. The molecule has 0 unspecified atom stereocenters. The molecule has 0 amide bonds. The van der Waals surface area contributed by atoms with Crippen LogP contribution in [-0.2, 0) is 0 Å². The number of nitrogens with zero attached hydrogens (tertiary/aromatic N) is 4. The lowest BCUT2D eigenvalue weighted by Gasteiger charge is -2.11. The van der Waals surface area contributed by atoms with E-state index in [1.165, 1.54) is 0 Å². The highest BCUT2D eigenvalue weighted by Gasteiger charge is 2.19. The van der Waals surface area contributed by atoms with Gasteiger partial charge in [0.25, 0.3) is 0 Å². The van der Waals surface area contributed by atoms with Crippen LogP contribution in [0, 0.1) is 22.7 Å². The molecule has 0 bridgehead atoms. The quantitative estimate of drug-likeness (QED) is 0.479. The first-order chi connectivity index (χ1) is 5.33. The summed E-state index contributed by atoms with van der Waals surface area (Å²) < 4.78 is 0. The second-order valence-corrected chi connectivity index (χ2v) is 3.54. The zero-order valence-electron chi connectivity index (χ0n) is 7.79. The molecule has 0 spiro atoms. The van der Waals surface area contributed by atoms with Gasteiger partial charge < -0.3 is 0 Å². The molecule has 0 atom stereocenters. The van der Waals surface area contributed by atoms with Gasteiger partial charge in [0.05, 0.1) is 12.1 Å². The Kier molecular flexibility index (Phi) is 5.22. The van der Waals surface area contributed by atoms with Crippen molar-refractivity contribution in [1.82, 2.24) is 0 Å². The van der Waals surface area contributed by atoms with Crippen molar-refractivity contribution in [3.8, 4) is 12.1 Å². The minimum atomic E-state index is -0.839. The predicted octanol–water partition coefficient (Wildman–Crippen LogP) is 0.591. The number of rotatable bonds is 2. The van der Waals surface area contributed by atoms with E-state index >= 15 is 0 Å². The Hall–Kier alpha value is -1.20. The molecular formula is C8H16N4Si. The van der Waals surface area contributed by atoms with Gasteiger partial charge in [-0.3, -0.25) is 0 Å². The van der Waals surface area contributed by atoms with E-state index in [1.54, 1.807) is 27.7 Å². The van der Waals surface area contributed by atoms with Crippen LogP contribution < -0.4 is 0 Å². The first-order valence-corrected chi connectivity index (χ1v) is 3.59. The largest absolute Gasteiger partial charge is 0.196 e. The molecule has 0 saturated heterocycles. The van der Waals surface area contributed by atoms with Crippen LogP contribution in [-0.4, -0.2) is 22.0 Å². The third-order valence-corrected chi connectivity index (χ3v) is 1.10. The zero-order valence-corrected chi connectivity index (χ0v) is 7.79. The molecule has 13 heavy (non-hydrogen) atoms. The number of nitriles is 2. The predicted molar refractivity (Wildman–Crippen MR) is 55.6 cm³/mol. The van der Waals surface area contributed by atoms with Crippen LogP contribution >= 0.6 is 0 Å². The average Bonchev–Trinajstić information content (AvgIpc) is 2.02. The first kappa shape index (κ1) is 14.3. The highest BCUT2D eigenvalue weighted by molar-refractivity contribution is 5.75. The highest BCUT2D eigenvalue weighted by Crippen LogP contribution is 2.13. The van der Waals surface area contributed by atoms with Crippen molar-refractivity contribution in [2.75, 3.05) is 0 Å². The maximum Gasteiger partial charge on any atom is 0.162 e. The van der Waals surface area contributed by atoms with Crippen molar-refractivity contribution in [1.29, 1.82) is 10.5 Å². The Morgan fingerprint density at radius 1 is 0.846 bits per heavy atom. The second-order valence-electron chi connectivity index (χ2n) is 3.54. The lowest BCUT2D eigenvalue weighted by atomic mass is 10.1. The molecule has 0 aromatic heterocycles. The van der Waals surface area contributed by atoms with Crippen molar-refractivity contribution in [2.24, 2.45) is 10.2 Å². The van der Waals surface area contributed by atoms with E-state index in [2.05, 4.69) is 10.2 Å². The summed E-state index contributed by atoms with van der Waals surface area (Å²) in [6, 6.07) is 3.94. The van der Waals surface area contributed by atoms with Crippen molar-refractivity contribution in [3.05, 3.63) is 0 Å². The third kappa shape index (κ3) is 6.00. The van der Waals surface area contributed by atoms with Gasteiger partial charge in [-0.1, -0.05) is 0 Å². The fourth-order valence-electron chi connectivity index (χ4n) is 0.295. The smallest absolute Gasteiger partial charge is 0.162 e. The molecular weight excluding hydrogens is 180 g/mol. The zero-order chi connectivity index (χ0) is 9.83. The molecule has 0 heterocycles. The van der Waals surface area contributed by atoms with Crippen LogP contribution in [0.25, 0.3) is 0 Å². The molecule has 0 aliphatic rings. The standard InChI is InChI=1S/C8H12N4.H4Si/c1-7(2,5-9)11-12-8(3,4)6-10;/h1-4H3;1H4. The maximum absolute atomic E-state index is 8.58. The summed E-state index contributed by atoms with van der Waals surface area (Å²) in [5.41, 5.74) is -1.68. The van der Waals surface area contributed by atoms with E-state index in [9.17, 15) is 0 Å². The van der Waals surface area contributed by atoms with Gasteiger partial charge in [0.15, 0.2) is 11.1 Å². The van der Waals surface area contributed by atoms with E-state index in [-0.39, 0.29) is 11.0 Å². The van der Waals surface area contributed by atoms with E-state index < -0.39 is 11.1 Å². The van der Waals surface area contributed by atoms with Crippen LogP contribution in [0.4, 0.5) is 0 Å². The minimum absolute atomic E-state index is 0. The van der Waals surface area contributed by atoms with Crippen molar-refractivity contribution < 1.29 is 0 Å². The Morgan fingerprint density at radius 3 is 1.23 bits per heavy atom. The Labute approximate surface area is 83.3 Å². The van der Waals surface area contributed by atoms with Gasteiger partial charge in [0.1, 0.15) is 0 Å². The molecule has 0 N–H and O–H groups in total. The third-order valence-electron chi connectivity index (χ3n) is 1.10. The Morgan fingerprint density at radius 2 is 1.08 bits per heavy atom. The molecule has 4 nitrogen and oxygen atoms in total.